The molecule has 0 spiro atoms. The van der Waals surface area contributed by atoms with Gasteiger partial charge in [0.2, 0.25) is 5.91 Å². The number of hydrogen-bond donors (Lipinski definition) is 2. The van der Waals surface area contributed by atoms with Crippen LogP contribution < -0.4 is 11.2 Å². The van der Waals surface area contributed by atoms with Gasteiger partial charge >= 0.3 is 5.69 Å². The van der Waals surface area contributed by atoms with Crippen molar-refractivity contribution in [2.75, 3.05) is 19.6 Å². The molecule has 1 aliphatic heterocycles. The molecule has 1 aromatic carbocycles. The van der Waals surface area contributed by atoms with E-state index in [1.54, 1.807) is 4.90 Å². The second-order valence-electron chi connectivity index (χ2n) is 6.46. The van der Waals surface area contributed by atoms with Gasteiger partial charge in [-0.1, -0.05) is 18.2 Å². The monoisotopic (exact) mass is 356 g/mol. The number of piperazine rings is 1. The summed E-state index contributed by atoms with van der Waals surface area (Å²) in [5.41, 5.74) is 1.89. The molecule has 26 heavy (non-hydrogen) atoms. The summed E-state index contributed by atoms with van der Waals surface area (Å²) in [6.07, 6.45) is 0. The van der Waals surface area contributed by atoms with Crippen LogP contribution >= 0.6 is 0 Å². The number of nitrogens with zero attached hydrogens (tertiary/aromatic N) is 2. The van der Waals surface area contributed by atoms with E-state index in [2.05, 4.69) is 11.1 Å². The second kappa shape index (κ2) is 6.99. The topological polar surface area (TPSA) is 106 Å². The molecule has 2 heterocycles. The van der Waals surface area contributed by atoms with Gasteiger partial charge in [-0.05, 0) is 30.5 Å². The minimum Gasteiger partial charge on any atom is -0.335 e. The van der Waals surface area contributed by atoms with Crippen molar-refractivity contribution in [3.05, 3.63) is 67.5 Å². The lowest BCUT2D eigenvalue weighted by molar-refractivity contribution is -0.135. The molecule has 8 heteroatoms. The zero-order valence-electron chi connectivity index (χ0n) is 14.7. The molecule has 0 radical (unpaired) electrons. The summed E-state index contributed by atoms with van der Waals surface area (Å²) < 4.78 is 0. The van der Waals surface area contributed by atoms with Crippen LogP contribution in [0.2, 0.25) is 0 Å². The first kappa shape index (κ1) is 17.7. The smallest absolute Gasteiger partial charge is 0.326 e. The lowest BCUT2D eigenvalue weighted by Gasteiger charge is -2.34. The maximum atomic E-state index is 12.4. The van der Waals surface area contributed by atoms with Gasteiger partial charge in [0, 0.05) is 25.7 Å². The van der Waals surface area contributed by atoms with Crippen molar-refractivity contribution in [3.63, 3.8) is 0 Å². The van der Waals surface area contributed by atoms with Crippen LogP contribution in [0.3, 0.4) is 0 Å². The Balaban J connectivity index is 1.68. The number of carbonyl (C=O) groups is 2. The molecule has 0 aliphatic carbocycles. The number of H-pyrrole nitrogens is 2. The van der Waals surface area contributed by atoms with E-state index < -0.39 is 17.2 Å². The highest BCUT2D eigenvalue weighted by Gasteiger charge is 2.28. The van der Waals surface area contributed by atoms with Crippen molar-refractivity contribution >= 4 is 11.8 Å². The van der Waals surface area contributed by atoms with E-state index >= 15 is 0 Å². The zero-order chi connectivity index (χ0) is 18.8. The van der Waals surface area contributed by atoms with Gasteiger partial charge < -0.3 is 14.8 Å². The first-order valence-electron chi connectivity index (χ1n) is 8.30. The highest BCUT2D eigenvalue weighted by molar-refractivity contribution is 5.95. The predicted molar refractivity (Wildman–Crippen MR) is 94.9 cm³/mol. The molecule has 8 nitrogen and oxygen atoms in total. The van der Waals surface area contributed by atoms with Crippen LogP contribution in [0, 0.1) is 13.8 Å². The summed E-state index contributed by atoms with van der Waals surface area (Å²) in [7, 11) is 0. The minimum absolute atomic E-state index is 0.0848. The van der Waals surface area contributed by atoms with Gasteiger partial charge in [0.15, 0.2) is 0 Å². The van der Waals surface area contributed by atoms with Gasteiger partial charge in [0.25, 0.3) is 11.5 Å². The molecule has 2 amide bonds. The molecule has 0 saturated carbocycles. The van der Waals surface area contributed by atoms with E-state index in [4.69, 9.17) is 0 Å². The molecule has 1 saturated heterocycles. The van der Waals surface area contributed by atoms with E-state index in [9.17, 15) is 19.2 Å². The molecular weight excluding hydrogens is 336 g/mol. The number of aromatic amines is 2. The third-order valence-electron chi connectivity index (χ3n) is 4.54. The van der Waals surface area contributed by atoms with Crippen LogP contribution in [0.5, 0.6) is 0 Å². The lowest BCUT2D eigenvalue weighted by atomic mass is 10.1. The molecular formula is C18H20N4O4. The van der Waals surface area contributed by atoms with E-state index in [1.165, 1.54) is 16.0 Å². The van der Waals surface area contributed by atoms with Crippen LogP contribution in [0.4, 0.5) is 0 Å². The molecule has 1 aliphatic rings. The van der Waals surface area contributed by atoms with Crippen molar-refractivity contribution in [3.8, 4) is 0 Å². The molecule has 0 unspecified atom stereocenters. The number of hydrogen-bond acceptors (Lipinski definition) is 4. The van der Waals surface area contributed by atoms with E-state index in [0.29, 0.717) is 19.6 Å². The van der Waals surface area contributed by atoms with Crippen molar-refractivity contribution < 1.29 is 9.59 Å². The Bertz CT molecular complexity index is 947. The van der Waals surface area contributed by atoms with Crippen LogP contribution in [-0.4, -0.2) is 51.2 Å². The molecule has 1 fully saturated rings. The van der Waals surface area contributed by atoms with Crippen LogP contribution in [-0.2, 0) is 11.3 Å². The Hall–Kier alpha value is -3.16. The van der Waals surface area contributed by atoms with Crippen molar-refractivity contribution in [1.29, 1.82) is 0 Å². The van der Waals surface area contributed by atoms with Crippen LogP contribution in [0.25, 0.3) is 0 Å². The Morgan fingerprint density at radius 2 is 1.81 bits per heavy atom. The number of amides is 2. The zero-order valence-corrected chi connectivity index (χ0v) is 14.7. The van der Waals surface area contributed by atoms with E-state index in [1.807, 2.05) is 31.0 Å². The van der Waals surface area contributed by atoms with Gasteiger partial charge in [-0.15, -0.1) is 0 Å². The quantitative estimate of drug-likeness (QED) is 0.817. The molecule has 0 atom stereocenters. The normalized spacial score (nSPS) is 14.6. The third kappa shape index (κ3) is 3.74. The standard InChI is InChI=1S/C18H20N4O4/c1-11-3-4-13(7-12(11)2)9-21-5-6-22(10-16(21)24)17(25)14-8-15(23)20-18(26)19-14/h3-4,7-8H,5-6,9-10H2,1-2H3,(H2,19,20,23,26). The van der Waals surface area contributed by atoms with E-state index in [-0.39, 0.29) is 18.1 Å². The van der Waals surface area contributed by atoms with Crippen LogP contribution in [0.1, 0.15) is 27.2 Å². The molecule has 136 valence electrons. The maximum absolute atomic E-state index is 12.4. The minimum atomic E-state index is -0.749. The fourth-order valence-corrected chi connectivity index (χ4v) is 2.93. The first-order chi connectivity index (χ1) is 12.3. The number of rotatable bonds is 3. The van der Waals surface area contributed by atoms with Crippen LogP contribution in [0.15, 0.2) is 33.9 Å². The molecule has 2 N–H and O–H groups in total. The summed E-state index contributed by atoms with van der Waals surface area (Å²) in [5, 5.41) is 0. The fourth-order valence-electron chi connectivity index (χ4n) is 2.93. The van der Waals surface area contributed by atoms with Crippen molar-refractivity contribution in [2.24, 2.45) is 0 Å². The number of aromatic nitrogens is 2. The SMILES string of the molecule is Cc1ccc(CN2CCN(C(=O)c3cc(=O)[nH]c(=O)[nH]3)CC2=O)cc1C. The third-order valence-corrected chi connectivity index (χ3v) is 4.54. The second-order valence-corrected chi connectivity index (χ2v) is 6.46. The van der Waals surface area contributed by atoms with Crippen molar-refractivity contribution in [2.45, 2.75) is 20.4 Å². The van der Waals surface area contributed by atoms with Crippen molar-refractivity contribution in [1.82, 2.24) is 19.8 Å². The van der Waals surface area contributed by atoms with Gasteiger partial charge in [0.05, 0.1) is 0 Å². The fraction of sp³-hybridized carbons (Fsp3) is 0.333. The highest BCUT2D eigenvalue weighted by atomic mass is 16.2. The molecule has 0 bridgehead atoms. The number of carbonyl (C=O) groups excluding carboxylic acids is 2. The Morgan fingerprint density at radius 3 is 2.46 bits per heavy atom. The van der Waals surface area contributed by atoms with E-state index in [0.717, 1.165) is 11.6 Å². The largest absolute Gasteiger partial charge is 0.335 e. The predicted octanol–water partition coefficient (Wildman–Crippen LogP) is 0.165. The van der Waals surface area contributed by atoms with Gasteiger partial charge in [0.1, 0.15) is 12.2 Å². The maximum Gasteiger partial charge on any atom is 0.326 e. The lowest BCUT2D eigenvalue weighted by Crippen LogP contribution is -2.52. The Morgan fingerprint density at radius 1 is 1.04 bits per heavy atom. The summed E-state index contributed by atoms with van der Waals surface area (Å²) in [6.45, 7) is 5.20. The van der Waals surface area contributed by atoms with Gasteiger partial charge in [-0.3, -0.25) is 19.4 Å². The number of nitrogens with one attached hydrogen (secondary N) is 2. The molecule has 2 aromatic rings. The summed E-state index contributed by atoms with van der Waals surface area (Å²) >= 11 is 0. The number of benzene rings is 1. The highest BCUT2D eigenvalue weighted by Crippen LogP contribution is 2.14. The van der Waals surface area contributed by atoms with Gasteiger partial charge in [-0.2, -0.15) is 0 Å². The van der Waals surface area contributed by atoms with Gasteiger partial charge in [-0.25, -0.2) is 4.79 Å². The Kier molecular flexibility index (Phi) is 4.75. The summed E-state index contributed by atoms with van der Waals surface area (Å²) in [6, 6.07) is 7.10. The molecule has 3 rings (SSSR count). The summed E-state index contributed by atoms with van der Waals surface area (Å²) in [5.74, 6) is -0.706. The first-order valence-corrected chi connectivity index (χ1v) is 8.30. The number of aryl methyl sites for hydroxylation is 2. The average molecular weight is 356 g/mol. The average Bonchev–Trinajstić information content (AvgIpc) is 2.58. The summed E-state index contributed by atoms with van der Waals surface area (Å²) in [4.78, 5) is 54.9. The Labute approximate surface area is 149 Å². The molecule has 1 aromatic heterocycles.